The van der Waals surface area contributed by atoms with Gasteiger partial charge in [-0.2, -0.15) is 0 Å². The molecule has 5 heteroatoms. The maximum absolute atomic E-state index is 9.66. The molecule has 0 aromatic rings. The lowest BCUT2D eigenvalue weighted by Gasteiger charge is -1.95. The van der Waals surface area contributed by atoms with Gasteiger partial charge >= 0.3 is 6.47 Å². The van der Waals surface area contributed by atoms with Gasteiger partial charge in [0, 0.05) is 19.3 Å². The van der Waals surface area contributed by atoms with Crippen molar-refractivity contribution in [3.8, 4) is 0 Å². The van der Waals surface area contributed by atoms with E-state index in [0.717, 1.165) is 6.54 Å². The van der Waals surface area contributed by atoms with Crippen LogP contribution in [0.3, 0.4) is 0 Å². The van der Waals surface area contributed by atoms with E-state index in [2.05, 4.69) is 21.0 Å². The average Bonchev–Trinajstić information content (AvgIpc) is 2.16. The van der Waals surface area contributed by atoms with E-state index in [-0.39, 0.29) is 0 Å². The summed E-state index contributed by atoms with van der Waals surface area (Å²) in [5.41, 5.74) is 2.31. The van der Waals surface area contributed by atoms with Gasteiger partial charge in [0.15, 0.2) is 0 Å². The number of hydroxylamine groups is 1. The van der Waals surface area contributed by atoms with Gasteiger partial charge in [-0.3, -0.25) is 4.79 Å². The Bertz CT molecular complexity index is 169. The number of rotatable bonds is 8. The van der Waals surface area contributed by atoms with Crippen molar-refractivity contribution in [1.82, 2.24) is 16.1 Å². The zero-order valence-electron chi connectivity index (χ0n) is 7.62. The van der Waals surface area contributed by atoms with Crippen LogP contribution in [0.4, 0.5) is 0 Å². The van der Waals surface area contributed by atoms with Gasteiger partial charge in [0.25, 0.3) is 0 Å². The minimum atomic E-state index is 0.324. The molecule has 0 aliphatic rings. The molecule has 0 aliphatic heterocycles. The molecule has 3 N–H and O–H groups in total. The largest absolute Gasteiger partial charge is 0.388 e. The third-order valence-corrected chi connectivity index (χ3v) is 1.10. The second-order valence-electron chi connectivity index (χ2n) is 2.10. The smallest absolute Gasteiger partial charge is 0.320 e. The van der Waals surface area contributed by atoms with Gasteiger partial charge in [-0.1, -0.05) is 6.08 Å². The summed E-state index contributed by atoms with van der Waals surface area (Å²) in [5, 5.41) is 5.98. The van der Waals surface area contributed by atoms with Crippen LogP contribution in [0.2, 0.25) is 0 Å². The first-order valence-electron chi connectivity index (χ1n) is 3.94. The fourth-order valence-corrected chi connectivity index (χ4v) is 0.570. The first kappa shape index (κ1) is 11.5. The molecule has 0 amide bonds. The topological polar surface area (TPSA) is 62.4 Å². The number of hydrogen-bond acceptors (Lipinski definition) is 5. The van der Waals surface area contributed by atoms with E-state index in [9.17, 15) is 4.79 Å². The summed E-state index contributed by atoms with van der Waals surface area (Å²) >= 11 is 0. The molecule has 0 saturated heterocycles. The fourth-order valence-electron chi connectivity index (χ4n) is 0.570. The molecule has 74 valence electrons. The van der Waals surface area contributed by atoms with Gasteiger partial charge in [-0.15, -0.1) is 0 Å². The van der Waals surface area contributed by atoms with Crippen molar-refractivity contribution in [2.45, 2.75) is 0 Å². The van der Waals surface area contributed by atoms with Crippen molar-refractivity contribution in [3.63, 3.8) is 0 Å². The van der Waals surface area contributed by atoms with Gasteiger partial charge in [0.2, 0.25) is 0 Å². The molecule has 0 heterocycles. The highest BCUT2D eigenvalue weighted by molar-refractivity contribution is 5.36. The highest BCUT2D eigenvalue weighted by Crippen LogP contribution is 1.68. The summed E-state index contributed by atoms with van der Waals surface area (Å²) in [6, 6.07) is 0. The van der Waals surface area contributed by atoms with Crippen molar-refractivity contribution in [3.05, 3.63) is 24.6 Å². The molecular weight excluding hydrogens is 170 g/mol. The van der Waals surface area contributed by atoms with E-state index >= 15 is 0 Å². The van der Waals surface area contributed by atoms with Gasteiger partial charge in [0.05, 0.1) is 0 Å². The van der Waals surface area contributed by atoms with Crippen LogP contribution < -0.4 is 16.1 Å². The molecule has 0 saturated carbocycles. The lowest BCUT2D eigenvalue weighted by Crippen LogP contribution is -2.10. The molecule has 0 spiro atoms. The van der Waals surface area contributed by atoms with Crippen molar-refractivity contribution >= 4 is 6.47 Å². The summed E-state index contributed by atoms with van der Waals surface area (Å²) < 4.78 is 0. The lowest BCUT2D eigenvalue weighted by molar-refractivity contribution is -0.133. The summed E-state index contributed by atoms with van der Waals surface area (Å²) in [6.07, 6.45) is 7.13. The first-order valence-corrected chi connectivity index (χ1v) is 3.94. The molecule has 0 aromatic heterocycles. The van der Waals surface area contributed by atoms with E-state index in [1.807, 2.05) is 19.3 Å². The predicted molar refractivity (Wildman–Crippen MR) is 50.5 cm³/mol. The maximum Gasteiger partial charge on any atom is 0.320 e. The normalized spacial score (nSPS) is 10.5. The molecule has 0 rings (SSSR count). The SMILES string of the molecule is CNCC=CNCC=CNOC=O. The Morgan fingerprint density at radius 3 is 2.69 bits per heavy atom. The van der Waals surface area contributed by atoms with Crippen LogP contribution in [-0.2, 0) is 9.63 Å². The minimum absolute atomic E-state index is 0.324. The van der Waals surface area contributed by atoms with E-state index in [0.29, 0.717) is 13.0 Å². The summed E-state index contributed by atoms with van der Waals surface area (Å²) in [6.45, 7) is 1.84. The van der Waals surface area contributed by atoms with Crippen molar-refractivity contribution in [1.29, 1.82) is 0 Å². The van der Waals surface area contributed by atoms with Gasteiger partial charge in [0.1, 0.15) is 0 Å². The van der Waals surface area contributed by atoms with E-state index in [1.165, 1.54) is 6.20 Å². The minimum Gasteiger partial charge on any atom is -0.388 e. The monoisotopic (exact) mass is 185 g/mol. The van der Waals surface area contributed by atoms with Crippen LogP contribution in [0.25, 0.3) is 0 Å². The number of carbonyl (C=O) groups is 1. The second kappa shape index (κ2) is 10.5. The van der Waals surface area contributed by atoms with Crippen LogP contribution in [0.1, 0.15) is 0 Å². The van der Waals surface area contributed by atoms with Crippen LogP contribution in [0, 0.1) is 0 Å². The second-order valence-corrected chi connectivity index (χ2v) is 2.10. The Labute approximate surface area is 77.8 Å². The van der Waals surface area contributed by atoms with Gasteiger partial charge in [-0.25, -0.2) is 5.48 Å². The molecule has 0 radical (unpaired) electrons. The number of carbonyl (C=O) groups excluding carboxylic acids is 1. The van der Waals surface area contributed by atoms with Crippen molar-refractivity contribution in [2.24, 2.45) is 0 Å². The molecule has 0 bridgehead atoms. The highest BCUT2D eigenvalue weighted by Gasteiger charge is 1.73. The number of hydrogen-bond donors (Lipinski definition) is 3. The third kappa shape index (κ3) is 10.5. The molecule has 0 fully saturated rings. The molecular formula is C8H15N3O2. The van der Waals surface area contributed by atoms with Gasteiger partial charge in [-0.05, 0) is 19.3 Å². The Balaban J connectivity index is 3.14. The third-order valence-electron chi connectivity index (χ3n) is 1.10. The fraction of sp³-hybridized carbons (Fsp3) is 0.375. The van der Waals surface area contributed by atoms with E-state index in [1.54, 1.807) is 6.08 Å². The highest BCUT2D eigenvalue weighted by atomic mass is 16.7. The summed E-state index contributed by atoms with van der Waals surface area (Å²) in [5.74, 6) is 0. The van der Waals surface area contributed by atoms with Crippen LogP contribution in [0.5, 0.6) is 0 Å². The van der Waals surface area contributed by atoms with E-state index in [4.69, 9.17) is 0 Å². The molecule has 13 heavy (non-hydrogen) atoms. The quantitative estimate of drug-likeness (QED) is 0.270. The van der Waals surface area contributed by atoms with Gasteiger partial charge < -0.3 is 15.5 Å². The lowest BCUT2D eigenvalue weighted by atomic mass is 10.5. The molecule has 0 aromatic carbocycles. The Morgan fingerprint density at radius 2 is 2.00 bits per heavy atom. The zero-order valence-corrected chi connectivity index (χ0v) is 7.62. The Morgan fingerprint density at radius 1 is 1.23 bits per heavy atom. The zero-order chi connectivity index (χ0) is 9.78. The van der Waals surface area contributed by atoms with Crippen LogP contribution in [-0.4, -0.2) is 26.6 Å². The standard InChI is InChI=1S/C8H15N3O2/c1-9-4-2-5-10-6-3-7-11-13-8-12/h2-3,5,7-11H,4,6H2,1H3. The first-order chi connectivity index (χ1) is 6.41. The Kier molecular flexibility index (Phi) is 9.31. The van der Waals surface area contributed by atoms with Crippen LogP contribution >= 0.6 is 0 Å². The maximum atomic E-state index is 9.66. The van der Waals surface area contributed by atoms with Crippen molar-refractivity contribution in [2.75, 3.05) is 20.1 Å². The molecule has 0 unspecified atom stereocenters. The summed E-state index contributed by atoms with van der Waals surface area (Å²) in [4.78, 5) is 13.9. The van der Waals surface area contributed by atoms with E-state index < -0.39 is 0 Å². The molecule has 5 nitrogen and oxygen atoms in total. The Hall–Kier alpha value is -1.49. The molecule has 0 aliphatic carbocycles. The summed E-state index contributed by atoms with van der Waals surface area (Å²) in [7, 11) is 1.88. The average molecular weight is 185 g/mol. The predicted octanol–water partition coefficient (Wildman–Crippen LogP) is -0.500. The number of likely N-dealkylation sites (N-methyl/N-ethyl adjacent to an activating group) is 1. The number of nitrogens with one attached hydrogen (secondary N) is 3. The van der Waals surface area contributed by atoms with Crippen molar-refractivity contribution < 1.29 is 9.63 Å². The van der Waals surface area contributed by atoms with Crippen LogP contribution in [0.15, 0.2) is 24.6 Å². The molecule has 0 atom stereocenters.